The van der Waals surface area contributed by atoms with Crippen LogP contribution in [0.25, 0.3) is 10.1 Å². The van der Waals surface area contributed by atoms with E-state index in [9.17, 15) is 4.39 Å². The largest absolute Gasteiger partial charge is 0.195 e. The zero-order valence-corrected chi connectivity index (χ0v) is 7.83. The van der Waals surface area contributed by atoms with Crippen molar-refractivity contribution in [3.8, 4) is 0 Å². The predicted molar refractivity (Wildman–Crippen MR) is 51.3 cm³/mol. The van der Waals surface area contributed by atoms with Crippen LogP contribution in [-0.4, -0.2) is 0 Å². The number of rotatable bonds is 0. The predicted octanol–water partition coefficient (Wildman–Crippen LogP) is 3.66. The van der Waals surface area contributed by atoms with E-state index >= 15 is 0 Å². The highest BCUT2D eigenvalue weighted by Crippen LogP contribution is 2.28. The van der Waals surface area contributed by atoms with Crippen LogP contribution in [0.15, 0.2) is 18.2 Å². The first kappa shape index (κ1) is 7.74. The summed E-state index contributed by atoms with van der Waals surface area (Å²) in [7, 11) is 0. The Hall–Kier alpha value is -0.890. The van der Waals surface area contributed by atoms with Gasteiger partial charge in [0.15, 0.2) is 5.13 Å². The maximum atomic E-state index is 12.9. The van der Waals surface area contributed by atoms with Gasteiger partial charge in [0.25, 0.3) is 0 Å². The zero-order valence-electron chi connectivity index (χ0n) is 7.02. The summed E-state index contributed by atoms with van der Waals surface area (Å²) < 4.78 is 13.9. The van der Waals surface area contributed by atoms with E-state index in [1.807, 2.05) is 26.0 Å². The Morgan fingerprint density at radius 2 is 2.00 bits per heavy atom. The highest BCUT2D eigenvalue weighted by atomic mass is 32.1. The molecule has 12 heavy (non-hydrogen) atoms. The first-order valence-corrected chi connectivity index (χ1v) is 4.65. The van der Waals surface area contributed by atoms with Gasteiger partial charge in [0, 0.05) is 4.70 Å². The van der Waals surface area contributed by atoms with Crippen molar-refractivity contribution in [2.45, 2.75) is 13.8 Å². The van der Waals surface area contributed by atoms with E-state index in [1.165, 1.54) is 22.5 Å². The van der Waals surface area contributed by atoms with Crippen LogP contribution in [0, 0.1) is 19.0 Å². The Balaban J connectivity index is 2.89. The van der Waals surface area contributed by atoms with Crippen molar-refractivity contribution < 1.29 is 4.39 Å². The molecule has 0 spiro atoms. The Labute approximate surface area is 74.6 Å². The van der Waals surface area contributed by atoms with Crippen LogP contribution in [0.4, 0.5) is 4.39 Å². The number of thiophene rings is 1. The van der Waals surface area contributed by atoms with E-state index in [-0.39, 0.29) is 5.13 Å². The number of halogens is 1. The van der Waals surface area contributed by atoms with Gasteiger partial charge in [0.2, 0.25) is 0 Å². The number of fused-ring (bicyclic) bond motifs is 1. The van der Waals surface area contributed by atoms with Crippen LogP contribution in [0.3, 0.4) is 0 Å². The second-order valence-electron chi connectivity index (χ2n) is 2.97. The molecule has 0 radical (unpaired) electrons. The van der Waals surface area contributed by atoms with Gasteiger partial charge in [-0.05, 0) is 42.5 Å². The van der Waals surface area contributed by atoms with Gasteiger partial charge in [-0.25, -0.2) is 0 Å². The molecule has 0 fully saturated rings. The smallest absolute Gasteiger partial charge is 0.177 e. The molecule has 0 aliphatic carbocycles. The van der Waals surface area contributed by atoms with E-state index in [4.69, 9.17) is 0 Å². The maximum absolute atomic E-state index is 12.9. The first-order chi connectivity index (χ1) is 5.68. The number of benzene rings is 1. The Morgan fingerprint density at radius 1 is 1.25 bits per heavy atom. The van der Waals surface area contributed by atoms with Crippen LogP contribution in [-0.2, 0) is 0 Å². The van der Waals surface area contributed by atoms with Gasteiger partial charge >= 0.3 is 0 Å². The van der Waals surface area contributed by atoms with Crippen molar-refractivity contribution in [3.63, 3.8) is 0 Å². The van der Waals surface area contributed by atoms with Crippen LogP contribution in [0.1, 0.15) is 11.1 Å². The lowest BCUT2D eigenvalue weighted by molar-refractivity contribution is 0.658. The minimum absolute atomic E-state index is 0.0984. The SMILES string of the molecule is Cc1ccc2sc(F)cc2c1C. The fourth-order valence-electron chi connectivity index (χ4n) is 1.33. The summed E-state index contributed by atoms with van der Waals surface area (Å²) in [5, 5.41) is 0.955. The summed E-state index contributed by atoms with van der Waals surface area (Å²) in [6, 6.07) is 5.63. The van der Waals surface area contributed by atoms with E-state index in [2.05, 4.69) is 0 Å². The molecule has 0 bridgehead atoms. The molecule has 1 aromatic carbocycles. The van der Waals surface area contributed by atoms with Gasteiger partial charge < -0.3 is 0 Å². The van der Waals surface area contributed by atoms with Crippen molar-refractivity contribution in [3.05, 3.63) is 34.5 Å². The monoisotopic (exact) mass is 180 g/mol. The Kier molecular flexibility index (Phi) is 1.65. The summed E-state index contributed by atoms with van der Waals surface area (Å²) in [4.78, 5) is 0. The molecule has 62 valence electrons. The molecule has 0 saturated carbocycles. The lowest BCUT2D eigenvalue weighted by atomic mass is 10.1. The Morgan fingerprint density at radius 3 is 2.75 bits per heavy atom. The van der Waals surface area contributed by atoms with Gasteiger partial charge in [-0.15, -0.1) is 11.3 Å². The molecule has 2 rings (SSSR count). The summed E-state index contributed by atoms with van der Waals surface area (Å²) in [5.74, 6) is 0. The second-order valence-corrected chi connectivity index (χ2v) is 4.00. The molecule has 0 saturated heterocycles. The standard InChI is InChI=1S/C10H9FS/c1-6-3-4-9-8(7(6)2)5-10(11)12-9/h3-5H,1-2H3. The minimum Gasteiger partial charge on any atom is -0.195 e. The molecule has 2 aromatic rings. The van der Waals surface area contributed by atoms with Crippen LogP contribution < -0.4 is 0 Å². The quantitative estimate of drug-likeness (QED) is 0.580. The van der Waals surface area contributed by atoms with Crippen LogP contribution >= 0.6 is 11.3 Å². The first-order valence-electron chi connectivity index (χ1n) is 3.84. The molecule has 0 unspecified atom stereocenters. The van der Waals surface area contributed by atoms with Gasteiger partial charge in [0.1, 0.15) is 0 Å². The van der Waals surface area contributed by atoms with Crippen molar-refractivity contribution in [2.75, 3.05) is 0 Å². The molecule has 1 heterocycles. The molecule has 0 aliphatic heterocycles. The molecule has 2 heteroatoms. The van der Waals surface area contributed by atoms with Gasteiger partial charge in [-0.1, -0.05) is 6.07 Å². The zero-order chi connectivity index (χ0) is 8.72. The average molecular weight is 180 g/mol. The highest BCUT2D eigenvalue weighted by Gasteiger charge is 2.04. The average Bonchev–Trinajstić information content (AvgIpc) is 2.39. The maximum Gasteiger partial charge on any atom is 0.177 e. The van der Waals surface area contributed by atoms with Gasteiger partial charge in [-0.2, -0.15) is 4.39 Å². The molecule has 1 aromatic heterocycles. The molecule has 0 amide bonds. The van der Waals surface area contributed by atoms with Gasteiger partial charge in [0.05, 0.1) is 0 Å². The fraction of sp³-hybridized carbons (Fsp3) is 0.200. The third kappa shape index (κ3) is 1.03. The Bertz CT molecular complexity index is 429. The van der Waals surface area contributed by atoms with Crippen LogP contribution in [0.2, 0.25) is 0 Å². The molecule has 0 aliphatic rings. The van der Waals surface area contributed by atoms with Crippen molar-refractivity contribution in [1.82, 2.24) is 0 Å². The molecule has 0 N–H and O–H groups in total. The third-order valence-corrected chi connectivity index (χ3v) is 3.10. The highest BCUT2D eigenvalue weighted by molar-refractivity contribution is 7.17. The number of aryl methyl sites for hydroxylation is 2. The van der Waals surface area contributed by atoms with Crippen LogP contribution in [0.5, 0.6) is 0 Å². The summed E-state index contributed by atoms with van der Waals surface area (Å²) >= 11 is 1.21. The second kappa shape index (κ2) is 2.56. The summed E-state index contributed by atoms with van der Waals surface area (Å²) in [6.07, 6.45) is 0. The van der Waals surface area contributed by atoms with Gasteiger partial charge in [-0.3, -0.25) is 0 Å². The fourth-order valence-corrected chi connectivity index (χ4v) is 2.17. The molecule has 0 atom stereocenters. The van der Waals surface area contributed by atoms with Crippen molar-refractivity contribution in [1.29, 1.82) is 0 Å². The van der Waals surface area contributed by atoms with Crippen molar-refractivity contribution in [2.24, 2.45) is 0 Å². The topological polar surface area (TPSA) is 0 Å². The normalized spacial score (nSPS) is 10.9. The number of hydrogen-bond acceptors (Lipinski definition) is 1. The van der Waals surface area contributed by atoms with E-state index in [0.29, 0.717) is 0 Å². The summed E-state index contributed by atoms with van der Waals surface area (Å²) in [5.41, 5.74) is 2.41. The lowest BCUT2D eigenvalue weighted by Gasteiger charge is -1.99. The molecular weight excluding hydrogens is 171 g/mol. The number of hydrogen-bond donors (Lipinski definition) is 0. The van der Waals surface area contributed by atoms with E-state index in [1.54, 1.807) is 6.07 Å². The molecule has 0 nitrogen and oxygen atoms in total. The van der Waals surface area contributed by atoms with E-state index in [0.717, 1.165) is 10.1 Å². The lowest BCUT2D eigenvalue weighted by Crippen LogP contribution is -1.78. The third-order valence-electron chi connectivity index (χ3n) is 2.21. The van der Waals surface area contributed by atoms with E-state index < -0.39 is 0 Å². The molecular formula is C10H9FS. The van der Waals surface area contributed by atoms with Crippen molar-refractivity contribution >= 4 is 21.4 Å². The summed E-state index contributed by atoms with van der Waals surface area (Å²) in [6.45, 7) is 4.08. The minimum atomic E-state index is -0.0984.